The van der Waals surface area contributed by atoms with Crippen molar-refractivity contribution in [1.82, 2.24) is 4.90 Å². The first-order valence-corrected chi connectivity index (χ1v) is 8.56. The van der Waals surface area contributed by atoms with Crippen LogP contribution in [0.15, 0.2) is 42.5 Å². The van der Waals surface area contributed by atoms with E-state index in [1.165, 1.54) is 30.8 Å². The second kappa shape index (κ2) is 4.60. The highest BCUT2D eigenvalue weighted by molar-refractivity contribution is 5.63. The molecular weight excluding hydrogens is 268 g/mol. The van der Waals surface area contributed by atoms with Crippen molar-refractivity contribution >= 4 is 5.69 Å². The van der Waals surface area contributed by atoms with Crippen LogP contribution in [0, 0.1) is 0 Å². The van der Waals surface area contributed by atoms with Crippen molar-refractivity contribution in [3.05, 3.63) is 64.7 Å². The van der Waals surface area contributed by atoms with E-state index in [9.17, 15) is 0 Å². The van der Waals surface area contributed by atoms with E-state index in [1.54, 1.807) is 16.7 Å². The zero-order valence-corrected chi connectivity index (χ0v) is 13.1. The molecule has 0 amide bonds. The molecule has 0 bridgehead atoms. The molecule has 0 N–H and O–H groups in total. The van der Waals surface area contributed by atoms with Crippen molar-refractivity contribution in [1.29, 1.82) is 0 Å². The SMILES string of the molecule is CCN1CCN2c3ccccc3Cc3cccc4c3[C@H]2[C@@H]1C4. The van der Waals surface area contributed by atoms with Crippen LogP contribution in [0.4, 0.5) is 5.69 Å². The van der Waals surface area contributed by atoms with Crippen LogP contribution in [-0.4, -0.2) is 30.6 Å². The molecule has 112 valence electrons. The Kier molecular flexibility index (Phi) is 2.66. The summed E-state index contributed by atoms with van der Waals surface area (Å²) in [4.78, 5) is 5.40. The molecule has 2 atom stereocenters. The largest absolute Gasteiger partial charge is 0.361 e. The van der Waals surface area contributed by atoms with Gasteiger partial charge >= 0.3 is 0 Å². The van der Waals surface area contributed by atoms with E-state index in [0.29, 0.717) is 12.1 Å². The highest BCUT2D eigenvalue weighted by atomic mass is 15.3. The van der Waals surface area contributed by atoms with Gasteiger partial charge < -0.3 is 4.90 Å². The number of likely N-dealkylation sites (N-methyl/N-ethyl adjacent to an activating group) is 1. The van der Waals surface area contributed by atoms with Gasteiger partial charge in [-0.3, -0.25) is 4.90 Å². The number of hydrogen-bond donors (Lipinski definition) is 0. The second-order valence-electron chi connectivity index (χ2n) is 6.83. The van der Waals surface area contributed by atoms with E-state index >= 15 is 0 Å². The van der Waals surface area contributed by atoms with E-state index in [-0.39, 0.29) is 0 Å². The molecule has 2 nitrogen and oxygen atoms in total. The highest BCUT2D eigenvalue weighted by Gasteiger charge is 2.45. The first-order valence-electron chi connectivity index (χ1n) is 8.56. The number of rotatable bonds is 1. The number of hydrogen-bond acceptors (Lipinski definition) is 2. The summed E-state index contributed by atoms with van der Waals surface area (Å²) >= 11 is 0. The van der Waals surface area contributed by atoms with Gasteiger partial charge in [-0.15, -0.1) is 0 Å². The summed E-state index contributed by atoms with van der Waals surface area (Å²) in [7, 11) is 0. The van der Waals surface area contributed by atoms with Crippen molar-refractivity contribution in [2.45, 2.75) is 31.8 Å². The Morgan fingerprint density at radius 2 is 1.77 bits per heavy atom. The molecule has 0 radical (unpaired) electrons. The van der Waals surface area contributed by atoms with Gasteiger partial charge in [0.2, 0.25) is 0 Å². The zero-order valence-electron chi connectivity index (χ0n) is 13.1. The van der Waals surface area contributed by atoms with Gasteiger partial charge in [0.05, 0.1) is 6.04 Å². The smallest absolute Gasteiger partial charge is 0.0707 e. The summed E-state index contributed by atoms with van der Waals surface area (Å²) in [6, 6.07) is 17.2. The molecule has 0 spiro atoms. The van der Waals surface area contributed by atoms with Crippen molar-refractivity contribution in [3.8, 4) is 0 Å². The first kappa shape index (κ1) is 12.7. The third-order valence-corrected chi connectivity index (χ3v) is 5.90. The minimum atomic E-state index is 0.559. The minimum Gasteiger partial charge on any atom is -0.361 e. The maximum atomic E-state index is 2.70. The Bertz CT molecular complexity index is 736. The van der Waals surface area contributed by atoms with Gasteiger partial charge in [-0.25, -0.2) is 0 Å². The summed E-state index contributed by atoms with van der Waals surface area (Å²) in [6.07, 6.45) is 2.31. The molecule has 1 aliphatic carbocycles. The zero-order chi connectivity index (χ0) is 14.7. The van der Waals surface area contributed by atoms with Crippen molar-refractivity contribution in [2.75, 3.05) is 24.5 Å². The fourth-order valence-electron chi connectivity index (χ4n) is 4.95. The fraction of sp³-hybridized carbons (Fsp3) is 0.400. The molecule has 2 heteroatoms. The number of benzene rings is 2. The Hall–Kier alpha value is -1.80. The molecule has 2 aliphatic heterocycles. The van der Waals surface area contributed by atoms with E-state index in [2.05, 4.69) is 59.2 Å². The van der Waals surface area contributed by atoms with Gasteiger partial charge in [-0.1, -0.05) is 43.3 Å². The Morgan fingerprint density at radius 3 is 2.68 bits per heavy atom. The van der Waals surface area contributed by atoms with Gasteiger partial charge in [-0.05, 0) is 47.7 Å². The number of piperazine rings is 1. The van der Waals surface area contributed by atoms with Gasteiger partial charge in [0.1, 0.15) is 0 Å². The van der Waals surface area contributed by atoms with Gasteiger partial charge in [0, 0.05) is 24.8 Å². The number of para-hydroxylation sites is 1. The first-order chi connectivity index (χ1) is 10.9. The maximum absolute atomic E-state index is 2.70. The standard InChI is InChI=1S/C20H22N2/c1-2-21-10-11-22-17-9-4-3-6-14(17)12-15-7-5-8-16-13-18(21)20(22)19(15)16/h3-9,18,20H,2,10-13H2,1H3/t18-,20+/m0/s1. The van der Waals surface area contributed by atoms with Gasteiger partial charge in [-0.2, -0.15) is 0 Å². The molecule has 1 saturated heterocycles. The van der Waals surface area contributed by atoms with Gasteiger partial charge in [0.25, 0.3) is 0 Å². The molecule has 2 aromatic carbocycles. The van der Waals surface area contributed by atoms with Crippen LogP contribution in [0.3, 0.4) is 0 Å². The normalized spacial score (nSPS) is 25.6. The second-order valence-corrected chi connectivity index (χ2v) is 6.83. The van der Waals surface area contributed by atoms with Crippen LogP contribution in [0.2, 0.25) is 0 Å². The molecule has 0 aromatic heterocycles. The third-order valence-electron chi connectivity index (χ3n) is 5.90. The van der Waals surface area contributed by atoms with Crippen LogP contribution < -0.4 is 4.90 Å². The topological polar surface area (TPSA) is 6.48 Å². The fourth-order valence-corrected chi connectivity index (χ4v) is 4.95. The minimum absolute atomic E-state index is 0.559. The predicted octanol–water partition coefficient (Wildman–Crippen LogP) is 3.40. The summed E-state index contributed by atoms with van der Waals surface area (Å²) in [6.45, 7) is 5.82. The van der Waals surface area contributed by atoms with E-state index in [0.717, 1.165) is 13.0 Å². The third kappa shape index (κ3) is 1.59. The summed E-state index contributed by atoms with van der Waals surface area (Å²) in [5, 5.41) is 0. The van der Waals surface area contributed by atoms with Gasteiger partial charge in [0.15, 0.2) is 0 Å². The molecule has 2 heterocycles. The molecule has 22 heavy (non-hydrogen) atoms. The Labute approximate surface area is 132 Å². The number of fused-ring (bicyclic) bond motifs is 2. The van der Waals surface area contributed by atoms with Crippen LogP contribution in [0.25, 0.3) is 0 Å². The molecular formula is C20H22N2. The highest BCUT2D eigenvalue weighted by Crippen LogP contribution is 2.47. The lowest BCUT2D eigenvalue weighted by atomic mass is 9.96. The molecule has 0 unspecified atom stereocenters. The molecule has 5 rings (SSSR count). The maximum Gasteiger partial charge on any atom is 0.0707 e. The lowest BCUT2D eigenvalue weighted by Gasteiger charge is -2.46. The van der Waals surface area contributed by atoms with Crippen LogP contribution in [0.1, 0.15) is 35.2 Å². The number of nitrogens with zero attached hydrogens (tertiary/aromatic N) is 2. The van der Waals surface area contributed by atoms with Crippen molar-refractivity contribution < 1.29 is 0 Å². The lowest BCUT2D eigenvalue weighted by Crippen LogP contribution is -2.53. The van der Waals surface area contributed by atoms with Crippen molar-refractivity contribution in [2.24, 2.45) is 0 Å². The monoisotopic (exact) mass is 290 g/mol. The van der Waals surface area contributed by atoms with E-state index < -0.39 is 0 Å². The quantitative estimate of drug-likeness (QED) is 0.794. The lowest BCUT2D eigenvalue weighted by molar-refractivity contribution is 0.157. The summed E-state index contributed by atoms with van der Waals surface area (Å²) < 4.78 is 0. The molecule has 1 fully saturated rings. The van der Waals surface area contributed by atoms with Crippen LogP contribution in [-0.2, 0) is 12.8 Å². The predicted molar refractivity (Wildman–Crippen MR) is 90.5 cm³/mol. The molecule has 3 aliphatic rings. The average molecular weight is 290 g/mol. The molecule has 0 saturated carbocycles. The summed E-state index contributed by atoms with van der Waals surface area (Å²) in [5.41, 5.74) is 7.75. The van der Waals surface area contributed by atoms with Crippen LogP contribution >= 0.6 is 0 Å². The summed E-state index contributed by atoms with van der Waals surface area (Å²) in [5.74, 6) is 0. The van der Waals surface area contributed by atoms with Crippen molar-refractivity contribution in [3.63, 3.8) is 0 Å². The molecule has 2 aromatic rings. The van der Waals surface area contributed by atoms with Crippen LogP contribution in [0.5, 0.6) is 0 Å². The Morgan fingerprint density at radius 1 is 0.955 bits per heavy atom. The number of anilines is 1. The average Bonchev–Trinajstić information content (AvgIpc) is 2.88. The van der Waals surface area contributed by atoms with E-state index in [4.69, 9.17) is 0 Å². The Balaban J connectivity index is 1.75. The van der Waals surface area contributed by atoms with E-state index in [1.807, 2.05) is 0 Å².